The molecule has 0 atom stereocenters. The van der Waals surface area contributed by atoms with Gasteiger partial charge in [-0.15, -0.1) is 0 Å². The average molecular weight is 212 g/mol. The molecule has 0 radical (unpaired) electrons. The molecular formula is C9H16N4O2. The molecule has 0 saturated carbocycles. The van der Waals surface area contributed by atoms with Gasteiger partial charge < -0.3 is 20.5 Å². The van der Waals surface area contributed by atoms with Crippen LogP contribution in [0.4, 0.5) is 11.5 Å². The number of nitrogens with one attached hydrogen (secondary N) is 1. The Morgan fingerprint density at radius 3 is 3.00 bits per heavy atom. The molecule has 15 heavy (non-hydrogen) atoms. The van der Waals surface area contributed by atoms with Crippen molar-refractivity contribution in [2.24, 2.45) is 0 Å². The van der Waals surface area contributed by atoms with Gasteiger partial charge in [0, 0.05) is 13.7 Å². The molecule has 0 saturated heterocycles. The third-order valence-corrected chi connectivity index (χ3v) is 1.71. The lowest BCUT2D eigenvalue weighted by molar-refractivity contribution is 0.0759. The summed E-state index contributed by atoms with van der Waals surface area (Å²) in [6.07, 6.45) is 3.01. The third kappa shape index (κ3) is 4.57. The van der Waals surface area contributed by atoms with Gasteiger partial charge in [-0.2, -0.15) is 0 Å². The van der Waals surface area contributed by atoms with Crippen LogP contribution in [-0.4, -0.2) is 43.4 Å². The molecule has 3 N–H and O–H groups in total. The Kier molecular flexibility index (Phi) is 5.42. The van der Waals surface area contributed by atoms with E-state index in [9.17, 15) is 0 Å². The van der Waals surface area contributed by atoms with E-state index < -0.39 is 0 Å². The molecule has 0 fully saturated rings. The largest absolute Gasteiger partial charge is 0.394 e. The van der Waals surface area contributed by atoms with Crippen molar-refractivity contribution in [1.29, 1.82) is 0 Å². The van der Waals surface area contributed by atoms with Crippen molar-refractivity contribution in [1.82, 2.24) is 9.97 Å². The maximum atomic E-state index is 5.63. The zero-order valence-corrected chi connectivity index (χ0v) is 8.77. The highest BCUT2D eigenvalue weighted by atomic mass is 16.5. The van der Waals surface area contributed by atoms with Crippen molar-refractivity contribution in [3.05, 3.63) is 12.5 Å². The smallest absolute Gasteiger partial charge is 0.152 e. The molecule has 1 aromatic rings. The van der Waals surface area contributed by atoms with E-state index >= 15 is 0 Å². The number of ether oxygens (including phenoxy) is 2. The highest BCUT2D eigenvalue weighted by molar-refractivity contribution is 5.58. The number of hydrogen-bond acceptors (Lipinski definition) is 6. The molecule has 1 aromatic heterocycles. The van der Waals surface area contributed by atoms with E-state index in [1.165, 1.54) is 6.33 Å². The quantitative estimate of drug-likeness (QED) is 0.625. The first kappa shape index (κ1) is 11.7. The van der Waals surface area contributed by atoms with Crippen LogP contribution in [0.3, 0.4) is 0 Å². The second-order valence-electron chi connectivity index (χ2n) is 2.86. The third-order valence-electron chi connectivity index (χ3n) is 1.71. The summed E-state index contributed by atoms with van der Waals surface area (Å²) in [5, 5.41) is 3.05. The summed E-state index contributed by atoms with van der Waals surface area (Å²) in [5.74, 6) is 0.639. The van der Waals surface area contributed by atoms with Crippen LogP contribution in [0.5, 0.6) is 0 Å². The lowest BCUT2D eigenvalue weighted by Gasteiger charge is -2.07. The van der Waals surface area contributed by atoms with Gasteiger partial charge >= 0.3 is 0 Å². The number of methoxy groups -OCH3 is 1. The summed E-state index contributed by atoms with van der Waals surface area (Å²) in [6, 6.07) is 0. The lowest BCUT2D eigenvalue weighted by atomic mass is 10.5. The predicted octanol–water partition coefficient (Wildman–Crippen LogP) is 0.134. The number of rotatable bonds is 7. The topological polar surface area (TPSA) is 82.3 Å². The molecule has 0 spiro atoms. The molecule has 1 rings (SSSR count). The number of nitrogens with two attached hydrogens (primary N) is 1. The zero-order valence-electron chi connectivity index (χ0n) is 8.77. The molecule has 84 valence electrons. The van der Waals surface area contributed by atoms with Crippen molar-refractivity contribution in [3.63, 3.8) is 0 Å². The standard InChI is InChI=1S/C9H16N4O2/c1-14-4-5-15-3-2-12-9-8(10)6-11-7-13-9/h6-7H,2-5,10H2,1H3,(H,11,12,13). The van der Waals surface area contributed by atoms with Gasteiger partial charge in [0.15, 0.2) is 5.82 Å². The van der Waals surface area contributed by atoms with Crippen LogP contribution < -0.4 is 11.1 Å². The second-order valence-corrected chi connectivity index (χ2v) is 2.86. The number of nitrogen functional groups attached to an aromatic ring is 1. The van der Waals surface area contributed by atoms with Crippen molar-refractivity contribution >= 4 is 11.5 Å². The van der Waals surface area contributed by atoms with Gasteiger partial charge in [-0.1, -0.05) is 0 Å². The highest BCUT2D eigenvalue weighted by Gasteiger charge is 1.97. The molecule has 6 nitrogen and oxygen atoms in total. The molecule has 0 bridgehead atoms. The molecule has 0 aromatic carbocycles. The normalized spacial score (nSPS) is 10.2. The van der Waals surface area contributed by atoms with E-state index in [0.717, 1.165) is 0 Å². The van der Waals surface area contributed by atoms with Crippen molar-refractivity contribution in [2.75, 3.05) is 44.5 Å². The van der Waals surface area contributed by atoms with Gasteiger partial charge in [0.05, 0.1) is 31.7 Å². The Balaban J connectivity index is 2.12. The van der Waals surface area contributed by atoms with Gasteiger partial charge in [0.1, 0.15) is 6.33 Å². The Bertz CT molecular complexity index is 283. The monoisotopic (exact) mass is 212 g/mol. The number of nitrogens with zero attached hydrogens (tertiary/aromatic N) is 2. The minimum Gasteiger partial charge on any atom is -0.394 e. The van der Waals surface area contributed by atoms with E-state index in [1.807, 2.05) is 0 Å². The molecule has 6 heteroatoms. The number of hydrogen-bond donors (Lipinski definition) is 2. The summed E-state index contributed by atoms with van der Waals surface area (Å²) in [7, 11) is 1.64. The maximum absolute atomic E-state index is 5.63. The molecule has 0 aliphatic rings. The summed E-state index contributed by atoms with van der Waals surface area (Å²) in [4.78, 5) is 7.77. The summed E-state index contributed by atoms with van der Waals surface area (Å²) in [5.41, 5.74) is 6.17. The van der Waals surface area contributed by atoms with Crippen LogP contribution in [-0.2, 0) is 9.47 Å². The second kappa shape index (κ2) is 6.97. The fourth-order valence-corrected chi connectivity index (χ4v) is 0.974. The molecular weight excluding hydrogens is 196 g/mol. The fraction of sp³-hybridized carbons (Fsp3) is 0.556. The van der Waals surface area contributed by atoms with Crippen LogP contribution in [0.2, 0.25) is 0 Å². The van der Waals surface area contributed by atoms with Gasteiger partial charge in [-0.05, 0) is 0 Å². The number of aromatic nitrogens is 2. The van der Waals surface area contributed by atoms with E-state index in [2.05, 4.69) is 15.3 Å². The fourth-order valence-electron chi connectivity index (χ4n) is 0.974. The highest BCUT2D eigenvalue weighted by Crippen LogP contribution is 2.10. The SMILES string of the molecule is COCCOCCNc1ncncc1N. The van der Waals surface area contributed by atoms with Crippen LogP contribution >= 0.6 is 0 Å². The first-order valence-electron chi connectivity index (χ1n) is 4.70. The number of anilines is 2. The molecule has 1 heterocycles. The van der Waals surface area contributed by atoms with E-state index in [1.54, 1.807) is 13.3 Å². The Morgan fingerprint density at radius 1 is 1.40 bits per heavy atom. The Morgan fingerprint density at radius 2 is 2.27 bits per heavy atom. The van der Waals surface area contributed by atoms with E-state index in [4.69, 9.17) is 15.2 Å². The minimum absolute atomic E-state index is 0.536. The van der Waals surface area contributed by atoms with Crippen LogP contribution in [0.1, 0.15) is 0 Å². The molecule has 0 unspecified atom stereocenters. The zero-order chi connectivity index (χ0) is 10.9. The van der Waals surface area contributed by atoms with Crippen molar-refractivity contribution in [2.45, 2.75) is 0 Å². The summed E-state index contributed by atoms with van der Waals surface area (Å²) in [6.45, 7) is 2.45. The van der Waals surface area contributed by atoms with Gasteiger partial charge in [-0.25, -0.2) is 9.97 Å². The summed E-state index contributed by atoms with van der Waals surface area (Å²) >= 11 is 0. The van der Waals surface area contributed by atoms with Gasteiger partial charge in [0.25, 0.3) is 0 Å². The first-order valence-corrected chi connectivity index (χ1v) is 4.70. The average Bonchev–Trinajstić information content (AvgIpc) is 2.25. The Hall–Kier alpha value is -1.40. The first-order chi connectivity index (χ1) is 7.34. The van der Waals surface area contributed by atoms with Gasteiger partial charge in [0.2, 0.25) is 0 Å². The maximum Gasteiger partial charge on any atom is 0.152 e. The predicted molar refractivity (Wildman–Crippen MR) is 57.6 cm³/mol. The van der Waals surface area contributed by atoms with Gasteiger partial charge in [-0.3, -0.25) is 0 Å². The van der Waals surface area contributed by atoms with Crippen LogP contribution in [0, 0.1) is 0 Å². The van der Waals surface area contributed by atoms with Crippen LogP contribution in [0.15, 0.2) is 12.5 Å². The van der Waals surface area contributed by atoms with Crippen molar-refractivity contribution in [3.8, 4) is 0 Å². The summed E-state index contributed by atoms with van der Waals surface area (Å²) < 4.78 is 10.1. The van der Waals surface area contributed by atoms with Crippen molar-refractivity contribution < 1.29 is 9.47 Å². The lowest BCUT2D eigenvalue weighted by Crippen LogP contribution is -2.13. The minimum atomic E-state index is 0.536. The van der Waals surface area contributed by atoms with E-state index in [0.29, 0.717) is 37.9 Å². The Labute approximate surface area is 88.8 Å². The molecule has 0 aliphatic heterocycles. The van der Waals surface area contributed by atoms with E-state index in [-0.39, 0.29) is 0 Å². The van der Waals surface area contributed by atoms with Crippen LogP contribution in [0.25, 0.3) is 0 Å². The molecule has 0 aliphatic carbocycles. The molecule has 0 amide bonds.